The molecule has 0 fully saturated rings. The van der Waals surface area contributed by atoms with Crippen LogP contribution in [-0.2, 0) is 6.54 Å². The minimum absolute atomic E-state index is 0.0545. The van der Waals surface area contributed by atoms with Crippen LogP contribution in [0.2, 0.25) is 0 Å². The second kappa shape index (κ2) is 5.70. The van der Waals surface area contributed by atoms with Crippen LogP contribution in [0.15, 0.2) is 39.2 Å². The van der Waals surface area contributed by atoms with Gasteiger partial charge >= 0.3 is 5.88 Å². The van der Waals surface area contributed by atoms with Gasteiger partial charge in [-0.1, -0.05) is 0 Å². The fraction of sp³-hybridized carbons (Fsp3) is 0.0909. The average Bonchev–Trinajstić information content (AvgIpc) is 2.86. The van der Waals surface area contributed by atoms with Crippen LogP contribution in [-0.4, -0.2) is 9.85 Å². The Bertz CT molecular complexity index is 670. The zero-order valence-corrected chi connectivity index (χ0v) is 11.5. The first-order valence-electron chi connectivity index (χ1n) is 5.38. The topological polar surface area (TPSA) is 111 Å². The number of nitrogens with zero attached hydrogens (tertiary/aromatic N) is 2. The lowest BCUT2D eigenvalue weighted by Crippen LogP contribution is -2.00. The minimum atomic E-state index is -0.632. The molecule has 104 valence electrons. The number of non-ortho nitro benzene ring substituents is 1. The van der Waals surface area contributed by atoms with Gasteiger partial charge in [0.2, 0.25) is 0 Å². The molecule has 0 unspecified atom stereocenters. The molecule has 0 saturated carbocycles. The van der Waals surface area contributed by atoms with Crippen LogP contribution >= 0.6 is 15.9 Å². The monoisotopic (exact) mass is 341 g/mol. The number of nitro groups is 2. The Morgan fingerprint density at radius 2 is 1.90 bits per heavy atom. The van der Waals surface area contributed by atoms with Gasteiger partial charge in [-0.05, 0) is 28.1 Å². The summed E-state index contributed by atoms with van der Waals surface area (Å²) >= 11 is 3.26. The zero-order valence-electron chi connectivity index (χ0n) is 9.91. The molecular formula is C11H8BrN3O5. The Kier molecular flexibility index (Phi) is 3.99. The van der Waals surface area contributed by atoms with Crippen molar-refractivity contribution in [2.75, 3.05) is 5.32 Å². The average molecular weight is 342 g/mol. The summed E-state index contributed by atoms with van der Waals surface area (Å²) in [6.45, 7) is 0.174. The molecular weight excluding hydrogens is 334 g/mol. The Labute approximate surface area is 120 Å². The van der Waals surface area contributed by atoms with Crippen LogP contribution in [0.1, 0.15) is 5.76 Å². The second-order valence-electron chi connectivity index (χ2n) is 3.77. The number of nitrogens with one attached hydrogen (secondary N) is 1. The van der Waals surface area contributed by atoms with E-state index in [1.54, 1.807) is 6.07 Å². The van der Waals surface area contributed by atoms with E-state index in [0.29, 0.717) is 15.9 Å². The maximum atomic E-state index is 10.7. The van der Waals surface area contributed by atoms with Gasteiger partial charge in [0, 0.05) is 16.6 Å². The fourth-order valence-corrected chi connectivity index (χ4v) is 1.89. The first-order valence-corrected chi connectivity index (χ1v) is 6.17. The number of hydrogen-bond acceptors (Lipinski definition) is 6. The van der Waals surface area contributed by atoms with E-state index >= 15 is 0 Å². The van der Waals surface area contributed by atoms with E-state index in [1.807, 2.05) is 0 Å². The van der Waals surface area contributed by atoms with Crippen LogP contribution in [0.3, 0.4) is 0 Å². The third-order valence-electron chi connectivity index (χ3n) is 2.44. The molecule has 0 radical (unpaired) electrons. The quantitative estimate of drug-likeness (QED) is 0.658. The second-order valence-corrected chi connectivity index (χ2v) is 4.63. The molecule has 0 saturated heterocycles. The molecule has 0 aliphatic carbocycles. The molecule has 1 aromatic heterocycles. The van der Waals surface area contributed by atoms with E-state index in [9.17, 15) is 20.2 Å². The lowest BCUT2D eigenvalue weighted by Gasteiger charge is -2.06. The summed E-state index contributed by atoms with van der Waals surface area (Å²) in [5.74, 6) is 0.00927. The van der Waals surface area contributed by atoms with E-state index in [-0.39, 0.29) is 18.1 Å². The van der Waals surface area contributed by atoms with Crippen molar-refractivity contribution in [2.24, 2.45) is 0 Å². The largest absolute Gasteiger partial charge is 0.433 e. The molecule has 20 heavy (non-hydrogen) atoms. The van der Waals surface area contributed by atoms with Gasteiger partial charge in [-0.2, -0.15) is 0 Å². The molecule has 0 bridgehead atoms. The highest BCUT2D eigenvalue weighted by Gasteiger charge is 2.13. The number of benzene rings is 1. The first kappa shape index (κ1) is 14.0. The maximum absolute atomic E-state index is 10.7. The summed E-state index contributed by atoms with van der Waals surface area (Å²) in [5, 5.41) is 24.1. The van der Waals surface area contributed by atoms with Crippen molar-refractivity contribution < 1.29 is 14.3 Å². The Morgan fingerprint density at radius 3 is 2.50 bits per heavy atom. The smallest absolute Gasteiger partial charge is 0.404 e. The number of anilines is 1. The molecule has 0 aliphatic rings. The van der Waals surface area contributed by atoms with Gasteiger partial charge in [0.25, 0.3) is 5.69 Å². The molecule has 9 heteroatoms. The first-order chi connectivity index (χ1) is 9.47. The molecule has 0 aliphatic heterocycles. The number of hydrogen-bond donors (Lipinski definition) is 1. The maximum Gasteiger partial charge on any atom is 0.433 e. The van der Waals surface area contributed by atoms with Crippen LogP contribution in [0, 0.1) is 20.2 Å². The molecule has 2 aromatic rings. The van der Waals surface area contributed by atoms with Crippen molar-refractivity contribution >= 4 is 33.2 Å². The van der Waals surface area contributed by atoms with Crippen molar-refractivity contribution in [1.29, 1.82) is 0 Å². The van der Waals surface area contributed by atoms with Crippen molar-refractivity contribution in [3.63, 3.8) is 0 Å². The van der Waals surface area contributed by atoms with Gasteiger partial charge in [-0.25, -0.2) is 0 Å². The Hall–Kier alpha value is -2.42. The van der Waals surface area contributed by atoms with E-state index in [4.69, 9.17) is 4.42 Å². The predicted octanol–water partition coefficient (Wildman–Crippen LogP) is 3.47. The summed E-state index contributed by atoms with van der Waals surface area (Å²) in [6.07, 6.45) is 0. The summed E-state index contributed by atoms with van der Waals surface area (Å²) in [4.78, 5) is 20.0. The van der Waals surface area contributed by atoms with E-state index < -0.39 is 9.85 Å². The fourth-order valence-electron chi connectivity index (χ4n) is 1.50. The SMILES string of the molecule is O=[N+]([O-])c1ccc(Br)c(NCc2ccc([N+](=O)[O-])o2)c1. The van der Waals surface area contributed by atoms with Crippen molar-refractivity contribution in [1.82, 2.24) is 0 Å². The van der Waals surface area contributed by atoms with Crippen molar-refractivity contribution in [2.45, 2.75) is 6.54 Å². The molecule has 1 aromatic carbocycles. The van der Waals surface area contributed by atoms with E-state index in [2.05, 4.69) is 21.2 Å². The van der Waals surface area contributed by atoms with Gasteiger partial charge in [0.15, 0.2) is 0 Å². The number of furan rings is 1. The predicted molar refractivity (Wildman–Crippen MR) is 73.5 cm³/mol. The standard InChI is InChI=1S/C11H8BrN3O5/c12-9-3-1-7(14(16)17)5-10(9)13-6-8-2-4-11(20-8)15(18)19/h1-5,13H,6H2. The van der Waals surface area contributed by atoms with Crippen LogP contribution in [0.5, 0.6) is 0 Å². The van der Waals surface area contributed by atoms with E-state index in [0.717, 1.165) is 0 Å². The van der Waals surface area contributed by atoms with Gasteiger partial charge in [0.05, 0.1) is 23.2 Å². The highest BCUT2D eigenvalue weighted by molar-refractivity contribution is 9.10. The Morgan fingerprint density at radius 1 is 1.15 bits per heavy atom. The molecule has 0 atom stereocenters. The summed E-state index contributed by atoms with van der Waals surface area (Å²) in [6, 6.07) is 7.00. The van der Waals surface area contributed by atoms with E-state index in [1.165, 1.54) is 24.3 Å². The molecule has 8 nitrogen and oxygen atoms in total. The van der Waals surface area contributed by atoms with Gasteiger partial charge in [0.1, 0.15) is 10.7 Å². The van der Waals surface area contributed by atoms with Crippen LogP contribution in [0.25, 0.3) is 0 Å². The molecule has 0 amide bonds. The Balaban J connectivity index is 2.11. The van der Waals surface area contributed by atoms with Gasteiger partial charge < -0.3 is 9.73 Å². The van der Waals surface area contributed by atoms with Crippen molar-refractivity contribution in [3.8, 4) is 0 Å². The van der Waals surface area contributed by atoms with Crippen molar-refractivity contribution in [3.05, 3.63) is 60.8 Å². The highest BCUT2D eigenvalue weighted by Crippen LogP contribution is 2.28. The van der Waals surface area contributed by atoms with Gasteiger partial charge in [-0.3, -0.25) is 20.2 Å². The van der Waals surface area contributed by atoms with Crippen LogP contribution < -0.4 is 5.32 Å². The molecule has 2 rings (SSSR count). The molecule has 1 heterocycles. The number of halogens is 1. The lowest BCUT2D eigenvalue weighted by atomic mass is 10.3. The number of rotatable bonds is 5. The summed E-state index contributed by atoms with van der Waals surface area (Å²) < 4.78 is 5.62. The summed E-state index contributed by atoms with van der Waals surface area (Å²) in [7, 11) is 0. The number of nitro benzene ring substituents is 1. The molecule has 1 N–H and O–H groups in total. The van der Waals surface area contributed by atoms with Gasteiger partial charge in [-0.15, -0.1) is 0 Å². The third-order valence-corrected chi connectivity index (χ3v) is 3.13. The third kappa shape index (κ3) is 3.12. The highest BCUT2D eigenvalue weighted by atomic mass is 79.9. The normalized spacial score (nSPS) is 10.2. The lowest BCUT2D eigenvalue weighted by molar-refractivity contribution is -0.402. The molecule has 0 spiro atoms. The minimum Gasteiger partial charge on any atom is -0.404 e. The zero-order chi connectivity index (χ0) is 14.7. The summed E-state index contributed by atoms with van der Waals surface area (Å²) in [5.41, 5.74) is 0.444. The van der Waals surface area contributed by atoms with Crippen LogP contribution in [0.4, 0.5) is 17.3 Å².